The van der Waals surface area contributed by atoms with Gasteiger partial charge in [-0.25, -0.2) is 0 Å². The third kappa shape index (κ3) is 5.12. The number of allylic oxidation sites excluding steroid dienone is 2. The normalized spacial score (nSPS) is 22.3. The van der Waals surface area contributed by atoms with E-state index in [1.54, 1.807) is 0 Å². The first kappa shape index (κ1) is 12.4. The maximum absolute atomic E-state index is 10.7. The van der Waals surface area contributed by atoms with Crippen LogP contribution in [0.25, 0.3) is 0 Å². The summed E-state index contributed by atoms with van der Waals surface area (Å²) in [4.78, 5) is 10.7. The Morgan fingerprint density at radius 1 is 1.60 bits per heavy atom. The van der Waals surface area contributed by atoms with E-state index in [0.717, 1.165) is 44.8 Å². The molecule has 1 rings (SSSR count). The minimum absolute atomic E-state index is 0.149. The monoisotopic (exact) mass is 210 g/mol. The van der Waals surface area contributed by atoms with E-state index in [1.165, 1.54) is 5.57 Å². The third-order valence-electron chi connectivity index (χ3n) is 2.95. The van der Waals surface area contributed by atoms with Crippen LogP contribution >= 0.6 is 0 Å². The molecule has 0 heterocycles. The van der Waals surface area contributed by atoms with Crippen molar-refractivity contribution in [1.29, 1.82) is 0 Å². The Morgan fingerprint density at radius 3 is 2.93 bits per heavy atom. The van der Waals surface area contributed by atoms with Gasteiger partial charge in [-0.2, -0.15) is 0 Å². The highest BCUT2D eigenvalue weighted by Crippen LogP contribution is 2.26. The zero-order valence-electron chi connectivity index (χ0n) is 9.83. The molecule has 0 spiro atoms. The Morgan fingerprint density at radius 2 is 2.33 bits per heavy atom. The number of carbonyl (C=O) groups excluding carboxylic acids is 1. The molecule has 1 N–H and O–H groups in total. The summed E-state index contributed by atoms with van der Waals surface area (Å²) < 4.78 is 0. The number of hydrogen-bond acceptors (Lipinski definition) is 2. The van der Waals surface area contributed by atoms with Crippen LogP contribution in [0.2, 0.25) is 0 Å². The summed E-state index contributed by atoms with van der Waals surface area (Å²) in [7, 11) is 0. The van der Waals surface area contributed by atoms with Crippen molar-refractivity contribution in [3.05, 3.63) is 11.6 Å². The summed E-state index contributed by atoms with van der Waals surface area (Å²) in [5.41, 5.74) is 0.849. The van der Waals surface area contributed by atoms with E-state index in [4.69, 9.17) is 0 Å². The van der Waals surface area contributed by atoms with E-state index in [1.807, 2.05) is 13.8 Å². The predicted octanol–water partition coefficient (Wildman–Crippen LogP) is 2.85. The molecule has 0 aliphatic heterocycles. The van der Waals surface area contributed by atoms with Crippen LogP contribution < -0.4 is 0 Å². The summed E-state index contributed by atoms with van der Waals surface area (Å²) in [6.45, 7) is 3.69. The van der Waals surface area contributed by atoms with Crippen LogP contribution in [0.1, 0.15) is 52.4 Å². The minimum atomic E-state index is -0.556. The number of aldehydes is 1. The van der Waals surface area contributed by atoms with Gasteiger partial charge in [-0.3, -0.25) is 0 Å². The average molecular weight is 210 g/mol. The molecule has 15 heavy (non-hydrogen) atoms. The zero-order chi connectivity index (χ0) is 11.3. The van der Waals surface area contributed by atoms with Gasteiger partial charge >= 0.3 is 0 Å². The van der Waals surface area contributed by atoms with Crippen molar-refractivity contribution < 1.29 is 9.90 Å². The molecule has 0 fully saturated rings. The third-order valence-corrected chi connectivity index (χ3v) is 2.95. The lowest BCUT2D eigenvalue weighted by Gasteiger charge is -2.20. The highest BCUT2D eigenvalue weighted by Gasteiger charge is 2.15. The van der Waals surface area contributed by atoms with E-state index >= 15 is 0 Å². The number of rotatable bonds is 5. The molecule has 0 aromatic rings. The lowest BCUT2D eigenvalue weighted by molar-refractivity contribution is -0.110. The second kappa shape index (κ2) is 5.45. The van der Waals surface area contributed by atoms with Gasteiger partial charge < -0.3 is 9.90 Å². The average Bonchev–Trinajstić information content (AvgIpc) is 2.16. The van der Waals surface area contributed by atoms with E-state index < -0.39 is 5.60 Å². The van der Waals surface area contributed by atoms with Crippen molar-refractivity contribution in [2.45, 2.75) is 58.0 Å². The molecule has 1 unspecified atom stereocenters. The molecule has 86 valence electrons. The molecule has 1 aliphatic carbocycles. The Bertz CT molecular complexity index is 235. The molecule has 1 aliphatic rings. The van der Waals surface area contributed by atoms with Crippen molar-refractivity contribution in [2.75, 3.05) is 0 Å². The highest BCUT2D eigenvalue weighted by molar-refractivity contribution is 5.57. The fourth-order valence-electron chi connectivity index (χ4n) is 2.10. The fourth-order valence-corrected chi connectivity index (χ4v) is 2.10. The molecule has 0 saturated heterocycles. The van der Waals surface area contributed by atoms with Gasteiger partial charge in [-0.05, 0) is 52.4 Å². The SMILES string of the molecule is CC(C)(O)CCCC1=CC(C=O)CCC1. The molecule has 0 radical (unpaired) electrons. The lowest BCUT2D eigenvalue weighted by Crippen LogP contribution is -2.18. The standard InChI is InChI=1S/C13H22O2/c1-13(2,15)8-4-7-11-5-3-6-12(9-11)10-14/h9-10,12,15H,3-8H2,1-2H3. The van der Waals surface area contributed by atoms with Crippen molar-refractivity contribution in [2.24, 2.45) is 5.92 Å². The van der Waals surface area contributed by atoms with Gasteiger partial charge in [0.05, 0.1) is 5.60 Å². The highest BCUT2D eigenvalue weighted by atomic mass is 16.3. The predicted molar refractivity (Wildman–Crippen MR) is 61.6 cm³/mol. The second-order valence-electron chi connectivity index (χ2n) is 5.18. The molecular formula is C13H22O2. The largest absolute Gasteiger partial charge is 0.390 e. The molecular weight excluding hydrogens is 188 g/mol. The first-order chi connectivity index (χ1) is 7.01. The molecule has 0 amide bonds. The van der Waals surface area contributed by atoms with Gasteiger partial charge in [-0.1, -0.05) is 11.6 Å². The number of aliphatic hydroxyl groups is 1. The van der Waals surface area contributed by atoms with Gasteiger partial charge in [0.2, 0.25) is 0 Å². The van der Waals surface area contributed by atoms with Crippen LogP contribution in [-0.2, 0) is 4.79 Å². The lowest BCUT2D eigenvalue weighted by atomic mass is 9.88. The van der Waals surface area contributed by atoms with E-state index in [-0.39, 0.29) is 5.92 Å². The summed E-state index contributed by atoms with van der Waals surface area (Å²) in [5.74, 6) is 0.149. The molecule has 1 atom stereocenters. The molecule has 0 aromatic heterocycles. The molecule has 2 heteroatoms. The Balaban J connectivity index is 2.32. The first-order valence-corrected chi connectivity index (χ1v) is 5.88. The Hall–Kier alpha value is -0.630. The van der Waals surface area contributed by atoms with Crippen LogP contribution in [0.3, 0.4) is 0 Å². The summed E-state index contributed by atoms with van der Waals surface area (Å²) >= 11 is 0. The maximum atomic E-state index is 10.7. The van der Waals surface area contributed by atoms with Gasteiger partial charge in [0.1, 0.15) is 6.29 Å². The zero-order valence-corrected chi connectivity index (χ0v) is 9.83. The molecule has 2 nitrogen and oxygen atoms in total. The van der Waals surface area contributed by atoms with Gasteiger partial charge in [0.25, 0.3) is 0 Å². The van der Waals surface area contributed by atoms with E-state index in [0.29, 0.717) is 0 Å². The Kier molecular flexibility index (Phi) is 4.52. The smallest absolute Gasteiger partial charge is 0.126 e. The van der Waals surface area contributed by atoms with Crippen molar-refractivity contribution in [1.82, 2.24) is 0 Å². The van der Waals surface area contributed by atoms with Crippen LogP contribution in [0.15, 0.2) is 11.6 Å². The summed E-state index contributed by atoms with van der Waals surface area (Å²) in [6.07, 6.45) is 9.34. The van der Waals surface area contributed by atoms with Crippen LogP contribution in [0.5, 0.6) is 0 Å². The summed E-state index contributed by atoms with van der Waals surface area (Å²) in [6, 6.07) is 0. The second-order valence-corrected chi connectivity index (χ2v) is 5.18. The maximum Gasteiger partial charge on any atom is 0.126 e. The van der Waals surface area contributed by atoms with Crippen molar-refractivity contribution >= 4 is 6.29 Å². The topological polar surface area (TPSA) is 37.3 Å². The van der Waals surface area contributed by atoms with Gasteiger partial charge in [-0.15, -0.1) is 0 Å². The van der Waals surface area contributed by atoms with Gasteiger partial charge in [0.15, 0.2) is 0 Å². The van der Waals surface area contributed by atoms with Crippen LogP contribution in [-0.4, -0.2) is 17.0 Å². The fraction of sp³-hybridized carbons (Fsp3) is 0.769. The summed E-state index contributed by atoms with van der Waals surface area (Å²) in [5, 5.41) is 9.57. The van der Waals surface area contributed by atoms with Crippen molar-refractivity contribution in [3.8, 4) is 0 Å². The molecule has 0 aromatic carbocycles. The molecule has 0 saturated carbocycles. The van der Waals surface area contributed by atoms with Gasteiger partial charge in [0, 0.05) is 5.92 Å². The Labute approximate surface area is 92.4 Å². The molecule has 0 bridgehead atoms. The first-order valence-electron chi connectivity index (χ1n) is 5.88. The number of carbonyl (C=O) groups is 1. The van der Waals surface area contributed by atoms with Crippen LogP contribution in [0, 0.1) is 5.92 Å². The number of hydrogen-bond donors (Lipinski definition) is 1. The minimum Gasteiger partial charge on any atom is -0.390 e. The quantitative estimate of drug-likeness (QED) is 0.559. The van der Waals surface area contributed by atoms with Crippen LogP contribution in [0.4, 0.5) is 0 Å². The van der Waals surface area contributed by atoms with E-state index in [2.05, 4.69) is 6.08 Å². The van der Waals surface area contributed by atoms with E-state index in [9.17, 15) is 9.90 Å². The van der Waals surface area contributed by atoms with Crippen molar-refractivity contribution in [3.63, 3.8) is 0 Å².